The van der Waals surface area contributed by atoms with Gasteiger partial charge in [0.1, 0.15) is 17.2 Å². The second-order valence-corrected chi connectivity index (χ2v) is 7.53. The van der Waals surface area contributed by atoms with Crippen molar-refractivity contribution in [2.24, 2.45) is 0 Å². The van der Waals surface area contributed by atoms with E-state index in [1.807, 2.05) is 6.92 Å². The van der Waals surface area contributed by atoms with Gasteiger partial charge in [-0.2, -0.15) is 0 Å². The molecule has 0 radical (unpaired) electrons. The van der Waals surface area contributed by atoms with Gasteiger partial charge in [0.25, 0.3) is 11.8 Å². The van der Waals surface area contributed by atoms with Gasteiger partial charge in [0.05, 0.1) is 13.2 Å². The maximum atomic E-state index is 12.9. The van der Waals surface area contributed by atoms with Gasteiger partial charge in [-0.3, -0.25) is 9.59 Å². The maximum Gasteiger partial charge on any atom is 0.513 e. The van der Waals surface area contributed by atoms with Crippen molar-refractivity contribution in [3.8, 4) is 17.2 Å². The first-order chi connectivity index (χ1) is 16.5. The van der Waals surface area contributed by atoms with Crippen LogP contribution >= 0.6 is 0 Å². The molecule has 1 fully saturated rings. The van der Waals surface area contributed by atoms with E-state index >= 15 is 0 Å². The third kappa shape index (κ3) is 7.13. The molecule has 2 amide bonds. The number of carbonyl (C=O) groups is 3. The molecule has 0 spiro atoms. The van der Waals surface area contributed by atoms with E-state index in [0.29, 0.717) is 56.3 Å². The lowest BCUT2D eigenvalue weighted by atomic mass is 10.2. The van der Waals surface area contributed by atoms with E-state index in [0.717, 1.165) is 5.75 Å². The Kier molecular flexibility index (Phi) is 9.13. The van der Waals surface area contributed by atoms with Crippen LogP contribution in [0.15, 0.2) is 48.5 Å². The van der Waals surface area contributed by atoms with Crippen LogP contribution in [0.3, 0.4) is 0 Å². The maximum absolute atomic E-state index is 12.9. The average molecular weight is 471 g/mol. The summed E-state index contributed by atoms with van der Waals surface area (Å²) in [6.45, 7) is 6.30. The summed E-state index contributed by atoms with van der Waals surface area (Å²) >= 11 is 0. The van der Waals surface area contributed by atoms with Crippen molar-refractivity contribution in [2.75, 3.05) is 46.0 Å². The monoisotopic (exact) mass is 470 g/mol. The summed E-state index contributed by atoms with van der Waals surface area (Å²) in [5.74, 6) is 1.39. The van der Waals surface area contributed by atoms with Gasteiger partial charge in [0, 0.05) is 31.7 Å². The van der Waals surface area contributed by atoms with E-state index in [9.17, 15) is 14.4 Å². The molecule has 0 bridgehead atoms. The topological polar surface area (TPSA) is 94.6 Å². The number of ether oxygens (including phenoxy) is 4. The second kappa shape index (κ2) is 12.5. The predicted octanol–water partition coefficient (Wildman–Crippen LogP) is 3.37. The summed E-state index contributed by atoms with van der Waals surface area (Å²) in [6, 6.07) is 13.5. The molecule has 34 heavy (non-hydrogen) atoms. The molecule has 9 heteroatoms. The van der Waals surface area contributed by atoms with E-state index in [1.165, 1.54) is 0 Å². The molecule has 0 atom stereocenters. The molecule has 0 aromatic heterocycles. The van der Waals surface area contributed by atoms with Gasteiger partial charge in [-0.05, 0) is 68.8 Å². The Labute approximate surface area is 199 Å². The first-order valence-corrected chi connectivity index (χ1v) is 11.4. The predicted molar refractivity (Wildman–Crippen MR) is 124 cm³/mol. The van der Waals surface area contributed by atoms with Crippen LogP contribution < -0.4 is 14.2 Å². The third-order valence-electron chi connectivity index (χ3n) is 5.20. The Morgan fingerprint density at radius 1 is 0.735 bits per heavy atom. The molecule has 1 aliphatic heterocycles. The zero-order chi connectivity index (χ0) is 24.3. The third-order valence-corrected chi connectivity index (χ3v) is 5.20. The number of amides is 2. The highest BCUT2D eigenvalue weighted by molar-refractivity contribution is 5.94. The lowest BCUT2D eigenvalue weighted by Gasteiger charge is -2.22. The lowest BCUT2D eigenvalue weighted by molar-refractivity contribution is -0.133. The van der Waals surface area contributed by atoms with Crippen molar-refractivity contribution < 1.29 is 33.3 Å². The minimum atomic E-state index is -0.787. The normalized spacial score (nSPS) is 13.6. The summed E-state index contributed by atoms with van der Waals surface area (Å²) in [5.41, 5.74) is 0.481. The fourth-order valence-electron chi connectivity index (χ4n) is 3.50. The zero-order valence-corrected chi connectivity index (χ0v) is 19.5. The van der Waals surface area contributed by atoms with Crippen LogP contribution in [-0.4, -0.2) is 73.8 Å². The molecular weight excluding hydrogens is 440 g/mol. The number of hydrogen-bond donors (Lipinski definition) is 0. The quantitative estimate of drug-likeness (QED) is 0.431. The Hall–Kier alpha value is -3.75. The Morgan fingerprint density at radius 3 is 1.97 bits per heavy atom. The van der Waals surface area contributed by atoms with Crippen molar-refractivity contribution in [1.29, 1.82) is 0 Å². The van der Waals surface area contributed by atoms with E-state index in [-0.39, 0.29) is 25.0 Å². The Morgan fingerprint density at radius 2 is 1.32 bits per heavy atom. The van der Waals surface area contributed by atoms with Gasteiger partial charge in [0.15, 0.2) is 6.61 Å². The first kappa shape index (κ1) is 24.9. The summed E-state index contributed by atoms with van der Waals surface area (Å²) in [7, 11) is 0. The van der Waals surface area contributed by atoms with Gasteiger partial charge in [-0.25, -0.2) is 4.79 Å². The number of carbonyl (C=O) groups excluding carboxylic acids is 3. The van der Waals surface area contributed by atoms with Crippen molar-refractivity contribution in [1.82, 2.24) is 9.80 Å². The van der Waals surface area contributed by atoms with Gasteiger partial charge < -0.3 is 28.7 Å². The van der Waals surface area contributed by atoms with E-state index in [1.54, 1.807) is 65.3 Å². The fourth-order valence-corrected chi connectivity index (χ4v) is 3.50. The van der Waals surface area contributed by atoms with Gasteiger partial charge >= 0.3 is 6.16 Å². The summed E-state index contributed by atoms with van der Waals surface area (Å²) < 4.78 is 20.8. The average Bonchev–Trinajstić information content (AvgIpc) is 3.10. The van der Waals surface area contributed by atoms with Gasteiger partial charge in [0.2, 0.25) is 0 Å². The highest BCUT2D eigenvalue weighted by Gasteiger charge is 2.23. The van der Waals surface area contributed by atoms with Crippen LogP contribution in [0.2, 0.25) is 0 Å². The minimum absolute atomic E-state index is 0.0656. The molecule has 2 aromatic rings. The summed E-state index contributed by atoms with van der Waals surface area (Å²) in [6.07, 6.45) is -0.115. The molecule has 3 rings (SSSR count). The SMILES string of the molecule is CCOC(=O)Oc1ccc(C(=O)N2CCCN(C(=O)COc3ccc(OCC)cc3)CC2)cc1. The molecule has 1 heterocycles. The molecular formula is C25H30N2O7. The molecule has 2 aromatic carbocycles. The van der Waals surface area contributed by atoms with Crippen molar-refractivity contribution in [3.05, 3.63) is 54.1 Å². The van der Waals surface area contributed by atoms with Crippen LogP contribution in [0.25, 0.3) is 0 Å². The van der Waals surface area contributed by atoms with Crippen LogP contribution in [0.5, 0.6) is 17.2 Å². The number of nitrogens with zero attached hydrogens (tertiary/aromatic N) is 2. The molecule has 0 aliphatic carbocycles. The Bertz CT molecular complexity index is 960. The van der Waals surface area contributed by atoms with Crippen LogP contribution in [0.4, 0.5) is 4.79 Å². The molecule has 0 N–H and O–H groups in total. The zero-order valence-electron chi connectivity index (χ0n) is 19.5. The van der Waals surface area contributed by atoms with Crippen LogP contribution in [0.1, 0.15) is 30.6 Å². The molecule has 1 aliphatic rings. The van der Waals surface area contributed by atoms with Gasteiger partial charge in [-0.1, -0.05) is 0 Å². The standard InChI is InChI=1S/C25H30N2O7/c1-3-31-20-10-12-21(13-11-20)33-18-23(28)26-14-5-15-27(17-16-26)24(29)19-6-8-22(9-7-19)34-25(30)32-4-2/h6-13H,3-5,14-18H2,1-2H3. The van der Waals surface area contributed by atoms with Crippen molar-refractivity contribution in [3.63, 3.8) is 0 Å². The highest BCUT2D eigenvalue weighted by atomic mass is 16.7. The summed E-state index contributed by atoms with van der Waals surface area (Å²) in [5, 5.41) is 0. The molecule has 9 nitrogen and oxygen atoms in total. The van der Waals surface area contributed by atoms with Gasteiger partial charge in [-0.15, -0.1) is 0 Å². The number of rotatable bonds is 8. The van der Waals surface area contributed by atoms with Crippen molar-refractivity contribution >= 4 is 18.0 Å². The smallest absolute Gasteiger partial charge is 0.494 e. The molecule has 182 valence electrons. The molecule has 0 unspecified atom stereocenters. The van der Waals surface area contributed by atoms with Crippen molar-refractivity contribution in [2.45, 2.75) is 20.3 Å². The van der Waals surface area contributed by atoms with Crippen LogP contribution in [0, 0.1) is 0 Å². The highest BCUT2D eigenvalue weighted by Crippen LogP contribution is 2.18. The Balaban J connectivity index is 1.48. The second-order valence-electron chi connectivity index (χ2n) is 7.53. The first-order valence-electron chi connectivity index (χ1n) is 11.4. The van der Waals surface area contributed by atoms with Crippen LogP contribution in [-0.2, 0) is 9.53 Å². The van der Waals surface area contributed by atoms with E-state index < -0.39 is 6.16 Å². The van der Waals surface area contributed by atoms with E-state index in [4.69, 9.17) is 18.9 Å². The molecule has 0 saturated carbocycles. The number of benzene rings is 2. The lowest BCUT2D eigenvalue weighted by Crippen LogP contribution is -2.39. The minimum Gasteiger partial charge on any atom is -0.494 e. The largest absolute Gasteiger partial charge is 0.513 e. The molecule has 1 saturated heterocycles. The number of hydrogen-bond acceptors (Lipinski definition) is 7. The summed E-state index contributed by atoms with van der Waals surface area (Å²) in [4.78, 5) is 40.4. The van der Waals surface area contributed by atoms with E-state index in [2.05, 4.69) is 0 Å². The fraction of sp³-hybridized carbons (Fsp3) is 0.400.